The topological polar surface area (TPSA) is 84.5 Å². The fourth-order valence-corrected chi connectivity index (χ4v) is 3.99. The molecular weight excluding hydrogens is 399 g/mol. The quantitative estimate of drug-likeness (QED) is 0.722. The summed E-state index contributed by atoms with van der Waals surface area (Å²) >= 11 is 11.8. The minimum Gasteiger partial charge on any atom is -0.383 e. The number of rotatable bonds is 7. The van der Waals surface area contributed by atoms with Crippen LogP contribution >= 0.6 is 23.2 Å². The summed E-state index contributed by atoms with van der Waals surface area (Å²) in [7, 11) is -2.20. The van der Waals surface area contributed by atoms with E-state index in [0.29, 0.717) is 21.3 Å². The molecule has 0 aliphatic heterocycles. The summed E-state index contributed by atoms with van der Waals surface area (Å²) in [6.07, 6.45) is 0. The second-order valence-electron chi connectivity index (χ2n) is 5.61. The van der Waals surface area contributed by atoms with Crippen LogP contribution in [0.5, 0.6) is 0 Å². The monoisotopic (exact) mass is 416 g/mol. The van der Waals surface area contributed by atoms with E-state index in [1.807, 2.05) is 0 Å². The fourth-order valence-electron chi connectivity index (χ4n) is 2.23. The Morgan fingerprint density at radius 2 is 1.69 bits per heavy atom. The van der Waals surface area contributed by atoms with Gasteiger partial charge >= 0.3 is 0 Å². The molecule has 140 valence electrons. The van der Waals surface area contributed by atoms with Gasteiger partial charge in [0.1, 0.15) is 0 Å². The van der Waals surface area contributed by atoms with Crippen LogP contribution in [0.4, 0.5) is 5.69 Å². The van der Waals surface area contributed by atoms with Crippen LogP contribution in [0.25, 0.3) is 0 Å². The second kappa shape index (κ2) is 8.83. The molecule has 26 heavy (non-hydrogen) atoms. The predicted octanol–water partition coefficient (Wildman–Crippen LogP) is 3.56. The number of sulfonamides is 1. The Morgan fingerprint density at radius 1 is 1.12 bits per heavy atom. The third-order valence-corrected chi connectivity index (χ3v) is 5.36. The number of anilines is 1. The molecule has 0 aliphatic carbocycles. The zero-order chi connectivity index (χ0) is 19.3. The van der Waals surface area contributed by atoms with Crippen molar-refractivity contribution in [3.8, 4) is 0 Å². The zero-order valence-electron chi connectivity index (χ0n) is 14.1. The van der Waals surface area contributed by atoms with Crippen molar-refractivity contribution in [2.45, 2.75) is 17.9 Å². The van der Waals surface area contributed by atoms with Gasteiger partial charge in [-0.1, -0.05) is 23.2 Å². The van der Waals surface area contributed by atoms with E-state index in [1.165, 1.54) is 31.4 Å². The van der Waals surface area contributed by atoms with Crippen LogP contribution in [0, 0.1) is 0 Å². The largest absolute Gasteiger partial charge is 0.383 e. The fraction of sp³-hybridized carbons (Fsp3) is 0.235. The smallest absolute Gasteiger partial charge is 0.255 e. The lowest BCUT2D eigenvalue weighted by molar-refractivity contribution is 0.102. The van der Waals surface area contributed by atoms with Gasteiger partial charge in [0.2, 0.25) is 10.0 Å². The molecule has 2 aromatic rings. The number of hydrogen-bond acceptors (Lipinski definition) is 4. The Hall–Kier alpha value is -1.64. The van der Waals surface area contributed by atoms with Crippen molar-refractivity contribution in [3.05, 3.63) is 58.1 Å². The summed E-state index contributed by atoms with van der Waals surface area (Å²) < 4.78 is 31.9. The molecule has 2 aromatic carbocycles. The summed E-state index contributed by atoms with van der Waals surface area (Å²) in [6, 6.07) is 9.88. The summed E-state index contributed by atoms with van der Waals surface area (Å²) in [5.41, 5.74) is 0.740. The molecule has 0 aromatic heterocycles. The molecule has 1 amide bonds. The maximum Gasteiger partial charge on any atom is 0.255 e. The Kier molecular flexibility index (Phi) is 7.02. The van der Waals surface area contributed by atoms with Gasteiger partial charge in [0.25, 0.3) is 5.91 Å². The number of benzene rings is 2. The predicted molar refractivity (Wildman–Crippen MR) is 103 cm³/mol. The van der Waals surface area contributed by atoms with Crippen LogP contribution in [0.3, 0.4) is 0 Å². The van der Waals surface area contributed by atoms with Crippen molar-refractivity contribution in [2.75, 3.05) is 19.0 Å². The Bertz CT molecular complexity index is 866. The number of ether oxygens (including phenoxy) is 1. The van der Waals surface area contributed by atoms with E-state index in [0.717, 1.165) is 0 Å². The van der Waals surface area contributed by atoms with Crippen molar-refractivity contribution in [1.82, 2.24) is 4.72 Å². The average Bonchev–Trinajstić information content (AvgIpc) is 2.53. The van der Waals surface area contributed by atoms with Gasteiger partial charge in [-0.25, -0.2) is 13.1 Å². The van der Waals surface area contributed by atoms with Crippen LogP contribution in [-0.4, -0.2) is 34.1 Å². The summed E-state index contributed by atoms with van der Waals surface area (Å²) in [5.74, 6) is -0.409. The van der Waals surface area contributed by atoms with E-state index in [9.17, 15) is 13.2 Å². The van der Waals surface area contributed by atoms with Gasteiger partial charge in [0.15, 0.2) is 0 Å². The third kappa shape index (κ3) is 5.69. The van der Waals surface area contributed by atoms with Gasteiger partial charge in [-0.05, 0) is 49.4 Å². The molecule has 0 aliphatic rings. The number of carbonyl (C=O) groups excluding carboxylic acids is 1. The third-order valence-electron chi connectivity index (χ3n) is 3.32. The standard InChI is InChI=1S/C17H18Cl2N2O4S/c1-11(10-25-2)21-26(23,24)16-5-3-12(4-6-16)17(22)20-15-8-13(18)7-14(19)9-15/h3-9,11,21H,10H2,1-2H3,(H,20,22). The molecule has 0 radical (unpaired) electrons. The Balaban J connectivity index is 2.12. The molecule has 0 bridgehead atoms. The van der Waals surface area contributed by atoms with Crippen molar-refractivity contribution in [3.63, 3.8) is 0 Å². The van der Waals surface area contributed by atoms with Gasteiger partial charge in [-0.15, -0.1) is 0 Å². The molecule has 1 unspecified atom stereocenters. The highest BCUT2D eigenvalue weighted by Crippen LogP contribution is 2.23. The number of hydrogen-bond donors (Lipinski definition) is 2. The van der Waals surface area contributed by atoms with Crippen LogP contribution in [-0.2, 0) is 14.8 Å². The van der Waals surface area contributed by atoms with E-state index in [-0.39, 0.29) is 17.5 Å². The first-order valence-corrected chi connectivity index (χ1v) is 9.84. The Labute approximate surface area is 162 Å². The van der Waals surface area contributed by atoms with Crippen LogP contribution in [0.2, 0.25) is 10.0 Å². The number of methoxy groups -OCH3 is 1. The lowest BCUT2D eigenvalue weighted by Gasteiger charge is -2.13. The highest BCUT2D eigenvalue weighted by Gasteiger charge is 2.18. The van der Waals surface area contributed by atoms with Crippen molar-refractivity contribution in [2.24, 2.45) is 0 Å². The number of nitrogens with one attached hydrogen (secondary N) is 2. The molecule has 6 nitrogen and oxygen atoms in total. The SMILES string of the molecule is COCC(C)NS(=O)(=O)c1ccc(C(=O)Nc2cc(Cl)cc(Cl)c2)cc1. The van der Waals surface area contributed by atoms with Gasteiger partial charge in [0, 0.05) is 34.4 Å². The average molecular weight is 417 g/mol. The first kappa shape index (κ1) is 20.7. The van der Waals surface area contributed by atoms with Crippen molar-refractivity contribution in [1.29, 1.82) is 0 Å². The lowest BCUT2D eigenvalue weighted by atomic mass is 10.2. The molecule has 2 rings (SSSR count). The maximum atomic E-state index is 12.3. The highest BCUT2D eigenvalue weighted by molar-refractivity contribution is 7.89. The van der Waals surface area contributed by atoms with Crippen molar-refractivity contribution >= 4 is 44.8 Å². The molecule has 2 N–H and O–H groups in total. The maximum absolute atomic E-state index is 12.3. The first-order chi connectivity index (χ1) is 12.2. The lowest BCUT2D eigenvalue weighted by Crippen LogP contribution is -2.35. The summed E-state index contributed by atoms with van der Waals surface area (Å²) in [6.45, 7) is 1.95. The van der Waals surface area contributed by atoms with Crippen LogP contribution in [0.15, 0.2) is 47.4 Å². The number of halogens is 2. The van der Waals surface area contributed by atoms with E-state index in [1.54, 1.807) is 25.1 Å². The first-order valence-electron chi connectivity index (χ1n) is 7.60. The van der Waals surface area contributed by atoms with E-state index in [2.05, 4.69) is 10.0 Å². The van der Waals surface area contributed by atoms with Gasteiger partial charge in [-0.3, -0.25) is 4.79 Å². The highest BCUT2D eigenvalue weighted by atomic mass is 35.5. The van der Waals surface area contributed by atoms with E-state index >= 15 is 0 Å². The number of amides is 1. The normalized spacial score (nSPS) is 12.6. The van der Waals surface area contributed by atoms with E-state index in [4.69, 9.17) is 27.9 Å². The van der Waals surface area contributed by atoms with Gasteiger partial charge < -0.3 is 10.1 Å². The van der Waals surface area contributed by atoms with Gasteiger partial charge in [0.05, 0.1) is 11.5 Å². The van der Waals surface area contributed by atoms with Gasteiger partial charge in [-0.2, -0.15) is 0 Å². The van der Waals surface area contributed by atoms with E-state index < -0.39 is 15.9 Å². The Morgan fingerprint density at radius 3 is 2.23 bits per heavy atom. The molecule has 0 spiro atoms. The summed E-state index contributed by atoms with van der Waals surface area (Å²) in [5, 5.41) is 3.45. The molecule has 0 heterocycles. The minimum absolute atomic E-state index is 0.0582. The molecule has 1 atom stereocenters. The minimum atomic E-state index is -3.69. The second-order valence-corrected chi connectivity index (χ2v) is 8.20. The molecule has 0 saturated heterocycles. The van der Waals surface area contributed by atoms with Crippen molar-refractivity contribution < 1.29 is 17.9 Å². The molecular formula is C17H18Cl2N2O4S. The molecule has 0 fully saturated rings. The zero-order valence-corrected chi connectivity index (χ0v) is 16.5. The number of carbonyl (C=O) groups is 1. The van der Waals surface area contributed by atoms with Crippen LogP contribution < -0.4 is 10.0 Å². The van der Waals surface area contributed by atoms with Crippen LogP contribution in [0.1, 0.15) is 17.3 Å². The summed E-state index contributed by atoms with van der Waals surface area (Å²) in [4.78, 5) is 12.3. The molecule has 0 saturated carbocycles. The molecule has 9 heteroatoms.